The zero-order valence-corrected chi connectivity index (χ0v) is 15.6. The van der Waals surface area contributed by atoms with Crippen molar-refractivity contribution in [3.8, 4) is 6.07 Å². The number of hydrogen-bond acceptors (Lipinski definition) is 3. The van der Waals surface area contributed by atoms with Gasteiger partial charge in [-0.3, -0.25) is 0 Å². The van der Waals surface area contributed by atoms with E-state index in [9.17, 15) is 5.26 Å². The lowest BCUT2D eigenvalue weighted by Crippen LogP contribution is -2.19. The van der Waals surface area contributed by atoms with Gasteiger partial charge in [0, 0.05) is 5.92 Å². The summed E-state index contributed by atoms with van der Waals surface area (Å²) in [6.07, 6.45) is 3.94. The van der Waals surface area contributed by atoms with Crippen molar-refractivity contribution in [1.29, 1.82) is 5.26 Å². The number of nitrogens with zero attached hydrogens (tertiary/aromatic N) is 1. The van der Waals surface area contributed by atoms with E-state index < -0.39 is 0 Å². The maximum atomic E-state index is 9.69. The summed E-state index contributed by atoms with van der Waals surface area (Å²) in [5.74, 6) is 0.944. The fourth-order valence-corrected chi connectivity index (χ4v) is 3.84. The van der Waals surface area contributed by atoms with Crippen molar-refractivity contribution in [3.63, 3.8) is 0 Å². The minimum absolute atomic E-state index is 0.122. The average Bonchev–Trinajstić information content (AvgIpc) is 3.05. The average molecular weight is 354 g/mol. The standard InChI is InChI=1S/C24H22N2O/c1-15-3-7-17(8-4-15)13-19-11-12-20-22(18-9-5-16(2)6-10-18)21(14-25)24(26)27-23(19)20/h3-10,13,22H,11-12,26H2,1-2H3. The topological polar surface area (TPSA) is 59.0 Å². The molecule has 134 valence electrons. The molecule has 1 aliphatic carbocycles. The monoisotopic (exact) mass is 354 g/mol. The molecule has 0 saturated heterocycles. The van der Waals surface area contributed by atoms with Gasteiger partial charge < -0.3 is 10.5 Å². The zero-order chi connectivity index (χ0) is 19.0. The lowest BCUT2D eigenvalue weighted by molar-refractivity contribution is 0.292. The smallest absolute Gasteiger partial charge is 0.205 e. The van der Waals surface area contributed by atoms with Gasteiger partial charge in [0.15, 0.2) is 0 Å². The Kier molecular flexibility index (Phi) is 4.33. The second-order valence-electron chi connectivity index (χ2n) is 7.27. The number of aryl methyl sites for hydroxylation is 2. The molecule has 4 rings (SSSR count). The molecule has 3 heteroatoms. The SMILES string of the molecule is Cc1ccc(C=C2CCC3=C2OC(N)=C(C#N)C3c2ccc(C)cc2)cc1. The number of allylic oxidation sites excluding steroid dienone is 3. The summed E-state index contributed by atoms with van der Waals surface area (Å²) in [5.41, 5.74) is 13.6. The van der Waals surface area contributed by atoms with E-state index in [0.717, 1.165) is 40.9 Å². The molecule has 1 atom stereocenters. The Balaban J connectivity index is 1.78. The van der Waals surface area contributed by atoms with Gasteiger partial charge in [-0.2, -0.15) is 5.26 Å². The van der Waals surface area contributed by atoms with E-state index in [4.69, 9.17) is 10.5 Å². The Hall–Kier alpha value is -3.25. The highest BCUT2D eigenvalue weighted by Gasteiger charge is 2.36. The first-order valence-electron chi connectivity index (χ1n) is 9.21. The first-order valence-corrected chi connectivity index (χ1v) is 9.21. The maximum Gasteiger partial charge on any atom is 0.205 e. The van der Waals surface area contributed by atoms with Crippen molar-refractivity contribution in [2.75, 3.05) is 0 Å². The zero-order valence-electron chi connectivity index (χ0n) is 15.6. The molecule has 2 N–H and O–H groups in total. The minimum atomic E-state index is -0.122. The summed E-state index contributed by atoms with van der Waals surface area (Å²) >= 11 is 0. The molecule has 2 aromatic rings. The van der Waals surface area contributed by atoms with Crippen molar-refractivity contribution >= 4 is 6.08 Å². The van der Waals surface area contributed by atoms with Crippen LogP contribution in [0.5, 0.6) is 0 Å². The first-order chi connectivity index (χ1) is 13.1. The number of hydrogen-bond donors (Lipinski definition) is 1. The van der Waals surface area contributed by atoms with Crippen LogP contribution >= 0.6 is 0 Å². The van der Waals surface area contributed by atoms with Gasteiger partial charge in [-0.1, -0.05) is 59.7 Å². The molecule has 0 fully saturated rings. The summed E-state index contributed by atoms with van der Waals surface area (Å²) in [5, 5.41) is 9.69. The van der Waals surface area contributed by atoms with Crippen LogP contribution in [0.15, 0.2) is 76.9 Å². The van der Waals surface area contributed by atoms with E-state index in [-0.39, 0.29) is 11.8 Å². The minimum Gasteiger partial charge on any atom is -0.440 e. The number of benzene rings is 2. The summed E-state index contributed by atoms with van der Waals surface area (Å²) in [4.78, 5) is 0. The lowest BCUT2D eigenvalue weighted by Gasteiger charge is -2.26. The van der Waals surface area contributed by atoms with E-state index in [0.29, 0.717) is 5.57 Å². The molecule has 1 heterocycles. The molecular formula is C24H22N2O. The largest absolute Gasteiger partial charge is 0.440 e. The van der Waals surface area contributed by atoms with Crippen LogP contribution in [0.1, 0.15) is 41.0 Å². The first kappa shape index (κ1) is 17.2. The van der Waals surface area contributed by atoms with Crippen molar-refractivity contribution in [2.45, 2.75) is 32.6 Å². The van der Waals surface area contributed by atoms with E-state index >= 15 is 0 Å². The second kappa shape index (κ2) is 6.81. The fraction of sp³-hybridized carbons (Fsp3) is 0.208. The fourth-order valence-electron chi connectivity index (χ4n) is 3.84. The molecule has 1 aliphatic heterocycles. The number of ether oxygens (including phenoxy) is 1. The summed E-state index contributed by atoms with van der Waals surface area (Å²) in [7, 11) is 0. The van der Waals surface area contributed by atoms with Gasteiger partial charge in [-0.25, -0.2) is 0 Å². The predicted molar refractivity (Wildman–Crippen MR) is 107 cm³/mol. The van der Waals surface area contributed by atoms with Crippen LogP contribution in [0, 0.1) is 25.2 Å². The molecule has 0 radical (unpaired) electrons. The Labute approximate surface area is 160 Å². The van der Waals surface area contributed by atoms with Crippen LogP contribution in [0.3, 0.4) is 0 Å². The third-order valence-electron chi connectivity index (χ3n) is 5.31. The van der Waals surface area contributed by atoms with E-state index in [1.807, 2.05) is 0 Å². The van der Waals surface area contributed by atoms with E-state index in [1.54, 1.807) is 0 Å². The summed E-state index contributed by atoms with van der Waals surface area (Å²) < 4.78 is 5.94. The Bertz CT molecular complexity index is 1020. The number of rotatable bonds is 2. The van der Waals surface area contributed by atoms with Gasteiger partial charge in [-0.15, -0.1) is 0 Å². The number of nitriles is 1. The molecular weight excluding hydrogens is 332 g/mol. The highest BCUT2D eigenvalue weighted by molar-refractivity contribution is 5.63. The van der Waals surface area contributed by atoms with Gasteiger partial charge in [0.05, 0.1) is 0 Å². The maximum absolute atomic E-state index is 9.69. The van der Waals surface area contributed by atoms with Crippen molar-refractivity contribution < 1.29 is 4.74 Å². The van der Waals surface area contributed by atoms with Crippen molar-refractivity contribution in [1.82, 2.24) is 0 Å². The van der Waals surface area contributed by atoms with Crippen LogP contribution in [0.2, 0.25) is 0 Å². The molecule has 3 nitrogen and oxygen atoms in total. The molecule has 0 bridgehead atoms. The molecule has 2 aliphatic rings. The summed E-state index contributed by atoms with van der Waals surface area (Å²) in [6, 6.07) is 19.0. The van der Waals surface area contributed by atoms with Gasteiger partial charge in [-0.05, 0) is 55.0 Å². The molecule has 1 unspecified atom stereocenters. The molecule has 2 aromatic carbocycles. The van der Waals surface area contributed by atoms with Crippen LogP contribution in [0.25, 0.3) is 6.08 Å². The van der Waals surface area contributed by atoms with Gasteiger partial charge in [0.1, 0.15) is 17.4 Å². The Morgan fingerprint density at radius 2 is 1.63 bits per heavy atom. The van der Waals surface area contributed by atoms with Crippen LogP contribution in [-0.4, -0.2) is 0 Å². The van der Waals surface area contributed by atoms with Gasteiger partial charge in [0.25, 0.3) is 0 Å². The molecule has 0 spiro atoms. The van der Waals surface area contributed by atoms with Gasteiger partial charge >= 0.3 is 0 Å². The van der Waals surface area contributed by atoms with Crippen LogP contribution in [0.4, 0.5) is 0 Å². The predicted octanol–water partition coefficient (Wildman–Crippen LogP) is 5.24. The van der Waals surface area contributed by atoms with E-state index in [1.165, 1.54) is 11.1 Å². The van der Waals surface area contributed by atoms with E-state index in [2.05, 4.69) is 74.5 Å². The molecule has 0 aromatic heterocycles. The second-order valence-corrected chi connectivity index (χ2v) is 7.27. The Morgan fingerprint density at radius 3 is 2.26 bits per heavy atom. The van der Waals surface area contributed by atoms with Gasteiger partial charge in [0.2, 0.25) is 5.88 Å². The molecule has 27 heavy (non-hydrogen) atoms. The molecule has 0 saturated carbocycles. The molecule has 0 amide bonds. The third kappa shape index (κ3) is 3.15. The van der Waals surface area contributed by atoms with Crippen molar-refractivity contribution in [2.24, 2.45) is 5.73 Å². The van der Waals surface area contributed by atoms with Crippen molar-refractivity contribution in [3.05, 3.63) is 99.1 Å². The lowest BCUT2D eigenvalue weighted by atomic mass is 9.83. The Morgan fingerprint density at radius 1 is 1.00 bits per heavy atom. The van der Waals surface area contributed by atoms with Crippen LogP contribution < -0.4 is 5.73 Å². The number of nitrogens with two attached hydrogens (primary N) is 1. The summed E-state index contributed by atoms with van der Waals surface area (Å²) in [6.45, 7) is 4.14. The van der Waals surface area contributed by atoms with Crippen LogP contribution in [-0.2, 0) is 4.74 Å². The highest BCUT2D eigenvalue weighted by atomic mass is 16.5. The normalized spacial score (nSPS) is 20.5. The third-order valence-corrected chi connectivity index (χ3v) is 5.31. The quantitative estimate of drug-likeness (QED) is 0.802. The highest BCUT2D eigenvalue weighted by Crippen LogP contribution is 2.48.